The molecule has 1 aliphatic rings. The third-order valence-corrected chi connectivity index (χ3v) is 3.01. The van der Waals surface area contributed by atoms with Crippen molar-refractivity contribution in [2.45, 2.75) is 38.6 Å². The average molecular weight is 211 g/mol. The number of likely N-dealkylation sites (tertiary alicyclic amines) is 1. The number of piperidine rings is 1. The molecule has 1 atom stereocenters. The summed E-state index contributed by atoms with van der Waals surface area (Å²) in [5, 5.41) is 0. The first-order chi connectivity index (χ1) is 7.19. The highest BCUT2D eigenvalue weighted by molar-refractivity contribution is 5.75. The van der Waals surface area contributed by atoms with Crippen LogP contribution in [-0.2, 0) is 9.53 Å². The molecule has 1 aliphatic heterocycles. The van der Waals surface area contributed by atoms with E-state index in [4.69, 9.17) is 4.74 Å². The number of ether oxygens (including phenoxy) is 1. The molecule has 1 rings (SSSR count). The fourth-order valence-corrected chi connectivity index (χ4v) is 1.98. The normalized spacial score (nSPS) is 22.4. The molecule has 0 saturated carbocycles. The van der Waals surface area contributed by atoms with E-state index in [0.29, 0.717) is 0 Å². The lowest BCUT2D eigenvalue weighted by Crippen LogP contribution is -2.45. The van der Waals surface area contributed by atoms with Gasteiger partial charge >= 0.3 is 5.97 Å². The maximum Gasteiger partial charge on any atom is 0.323 e. The first kappa shape index (κ1) is 12.2. The highest BCUT2D eigenvalue weighted by Crippen LogP contribution is 2.19. The number of nitrogens with zero attached hydrogens (tertiary/aromatic N) is 1. The van der Waals surface area contributed by atoms with E-state index in [2.05, 4.69) is 18.4 Å². The Bertz CT molecular complexity index is 238. The molecule has 0 aliphatic carbocycles. The van der Waals surface area contributed by atoms with Gasteiger partial charge in [-0.25, -0.2) is 0 Å². The van der Waals surface area contributed by atoms with Gasteiger partial charge in [-0.1, -0.05) is 25.5 Å². The summed E-state index contributed by atoms with van der Waals surface area (Å²) in [5.41, 5.74) is 1.19. The van der Waals surface area contributed by atoms with Crippen LogP contribution < -0.4 is 0 Å². The Morgan fingerprint density at radius 3 is 2.87 bits per heavy atom. The van der Waals surface area contributed by atoms with Gasteiger partial charge in [-0.3, -0.25) is 9.69 Å². The fraction of sp³-hybridized carbons (Fsp3) is 0.750. The summed E-state index contributed by atoms with van der Waals surface area (Å²) in [6.45, 7) is 7.90. The Morgan fingerprint density at radius 2 is 2.27 bits per heavy atom. The molecule has 0 radical (unpaired) electrons. The maximum absolute atomic E-state index is 11.6. The number of methoxy groups -OCH3 is 1. The maximum atomic E-state index is 11.6. The van der Waals surface area contributed by atoms with E-state index in [1.165, 1.54) is 19.1 Å². The van der Waals surface area contributed by atoms with Gasteiger partial charge in [0.2, 0.25) is 0 Å². The van der Waals surface area contributed by atoms with E-state index < -0.39 is 0 Å². The second kappa shape index (κ2) is 5.91. The third kappa shape index (κ3) is 3.34. The molecule has 0 aromatic heterocycles. The van der Waals surface area contributed by atoms with E-state index in [0.717, 1.165) is 32.4 Å². The van der Waals surface area contributed by atoms with Gasteiger partial charge in [-0.05, 0) is 25.8 Å². The van der Waals surface area contributed by atoms with E-state index in [-0.39, 0.29) is 12.0 Å². The van der Waals surface area contributed by atoms with Crippen LogP contribution in [0.1, 0.15) is 32.6 Å². The summed E-state index contributed by atoms with van der Waals surface area (Å²) in [5.74, 6) is -0.0985. The molecule has 1 unspecified atom stereocenters. The number of rotatable bonds is 4. The minimum Gasteiger partial charge on any atom is -0.468 e. The van der Waals surface area contributed by atoms with Crippen LogP contribution in [0.25, 0.3) is 0 Å². The largest absolute Gasteiger partial charge is 0.468 e. The van der Waals surface area contributed by atoms with Gasteiger partial charge in [0.05, 0.1) is 7.11 Å². The molecular weight excluding hydrogens is 190 g/mol. The van der Waals surface area contributed by atoms with Crippen molar-refractivity contribution in [1.29, 1.82) is 0 Å². The van der Waals surface area contributed by atoms with Gasteiger partial charge in [-0.2, -0.15) is 0 Å². The van der Waals surface area contributed by atoms with E-state index in [9.17, 15) is 4.79 Å². The predicted molar refractivity (Wildman–Crippen MR) is 60.7 cm³/mol. The van der Waals surface area contributed by atoms with Gasteiger partial charge in [0, 0.05) is 6.54 Å². The zero-order chi connectivity index (χ0) is 11.3. The molecule has 15 heavy (non-hydrogen) atoms. The SMILES string of the molecule is C=C(CC)CN1CCCCC1C(=O)OC. The Hall–Kier alpha value is -0.830. The van der Waals surface area contributed by atoms with E-state index in [1.807, 2.05) is 0 Å². The molecule has 0 aromatic rings. The minimum absolute atomic E-state index is 0.0490. The molecule has 0 amide bonds. The second-order valence-corrected chi connectivity index (χ2v) is 4.11. The molecule has 0 bridgehead atoms. The van der Waals surface area contributed by atoms with Gasteiger partial charge in [0.1, 0.15) is 6.04 Å². The molecule has 3 nitrogen and oxygen atoms in total. The van der Waals surface area contributed by atoms with Crippen LogP contribution in [0.15, 0.2) is 12.2 Å². The van der Waals surface area contributed by atoms with Crippen molar-refractivity contribution in [1.82, 2.24) is 4.90 Å². The quantitative estimate of drug-likeness (QED) is 0.526. The fourth-order valence-electron chi connectivity index (χ4n) is 1.98. The average Bonchev–Trinajstić information content (AvgIpc) is 2.28. The Balaban J connectivity index is 2.57. The summed E-state index contributed by atoms with van der Waals surface area (Å²) in [6, 6.07) is -0.0490. The molecule has 0 aromatic carbocycles. The summed E-state index contributed by atoms with van der Waals surface area (Å²) >= 11 is 0. The molecular formula is C12H21NO2. The lowest BCUT2D eigenvalue weighted by atomic mass is 10.0. The number of hydrogen-bond acceptors (Lipinski definition) is 3. The van der Waals surface area contributed by atoms with Gasteiger partial charge < -0.3 is 4.74 Å². The zero-order valence-electron chi connectivity index (χ0n) is 9.79. The second-order valence-electron chi connectivity index (χ2n) is 4.11. The van der Waals surface area contributed by atoms with Crippen LogP contribution in [0.2, 0.25) is 0 Å². The lowest BCUT2D eigenvalue weighted by molar-refractivity contribution is -0.148. The molecule has 1 heterocycles. The van der Waals surface area contributed by atoms with Crippen molar-refractivity contribution in [2.75, 3.05) is 20.2 Å². The van der Waals surface area contributed by atoms with Crippen LogP contribution in [-0.4, -0.2) is 37.1 Å². The Kier molecular flexibility index (Phi) is 4.82. The summed E-state index contributed by atoms with van der Waals surface area (Å²) in [7, 11) is 1.46. The van der Waals surface area contributed by atoms with Gasteiger partial charge in [0.15, 0.2) is 0 Å². The monoisotopic (exact) mass is 211 g/mol. The molecule has 86 valence electrons. The minimum atomic E-state index is -0.0985. The van der Waals surface area contributed by atoms with Crippen molar-refractivity contribution in [3.8, 4) is 0 Å². The highest BCUT2D eigenvalue weighted by atomic mass is 16.5. The van der Waals surface area contributed by atoms with Crippen LogP contribution in [0.3, 0.4) is 0 Å². The summed E-state index contributed by atoms with van der Waals surface area (Å²) < 4.78 is 4.82. The first-order valence-electron chi connectivity index (χ1n) is 5.67. The highest BCUT2D eigenvalue weighted by Gasteiger charge is 2.29. The lowest BCUT2D eigenvalue weighted by Gasteiger charge is -2.34. The van der Waals surface area contributed by atoms with E-state index >= 15 is 0 Å². The van der Waals surface area contributed by atoms with Crippen molar-refractivity contribution in [3.05, 3.63) is 12.2 Å². The molecule has 1 saturated heterocycles. The first-order valence-corrected chi connectivity index (χ1v) is 5.67. The van der Waals surface area contributed by atoms with Crippen LogP contribution in [0.4, 0.5) is 0 Å². The Morgan fingerprint density at radius 1 is 1.53 bits per heavy atom. The van der Waals surface area contributed by atoms with Crippen LogP contribution in [0.5, 0.6) is 0 Å². The molecule has 1 fully saturated rings. The number of esters is 1. The van der Waals surface area contributed by atoms with E-state index in [1.54, 1.807) is 0 Å². The predicted octanol–water partition coefficient (Wildman–Crippen LogP) is 1.98. The van der Waals surface area contributed by atoms with Crippen molar-refractivity contribution in [2.24, 2.45) is 0 Å². The van der Waals surface area contributed by atoms with Crippen molar-refractivity contribution < 1.29 is 9.53 Å². The topological polar surface area (TPSA) is 29.5 Å². The smallest absolute Gasteiger partial charge is 0.323 e. The summed E-state index contributed by atoms with van der Waals surface area (Å²) in [4.78, 5) is 13.7. The number of carbonyl (C=O) groups excluding carboxylic acids is 1. The Labute approximate surface area is 92.1 Å². The van der Waals surface area contributed by atoms with Crippen LogP contribution in [0, 0.1) is 0 Å². The van der Waals surface area contributed by atoms with Crippen LogP contribution >= 0.6 is 0 Å². The standard InChI is InChI=1S/C12H21NO2/c1-4-10(2)9-13-8-6-5-7-11(13)12(14)15-3/h11H,2,4-9H2,1,3H3. The zero-order valence-corrected chi connectivity index (χ0v) is 9.79. The van der Waals surface area contributed by atoms with Crippen molar-refractivity contribution in [3.63, 3.8) is 0 Å². The number of carbonyl (C=O) groups is 1. The van der Waals surface area contributed by atoms with Gasteiger partial charge in [-0.15, -0.1) is 0 Å². The summed E-state index contributed by atoms with van der Waals surface area (Å²) in [6.07, 6.45) is 4.19. The van der Waals surface area contributed by atoms with Gasteiger partial charge in [0.25, 0.3) is 0 Å². The molecule has 0 spiro atoms. The van der Waals surface area contributed by atoms with Crippen molar-refractivity contribution >= 4 is 5.97 Å². The number of hydrogen-bond donors (Lipinski definition) is 0. The molecule has 3 heteroatoms. The molecule has 0 N–H and O–H groups in total. The third-order valence-electron chi connectivity index (χ3n) is 3.01.